The molecule has 1 heterocycles. The summed E-state index contributed by atoms with van der Waals surface area (Å²) < 4.78 is 6.76. The summed E-state index contributed by atoms with van der Waals surface area (Å²) in [5, 5.41) is 9.86. The van der Waals surface area contributed by atoms with Crippen molar-refractivity contribution in [3.8, 4) is 11.8 Å². The van der Waals surface area contributed by atoms with Crippen LogP contribution < -0.4 is 10.5 Å². The number of carbonyl (C=O) groups is 1. The van der Waals surface area contributed by atoms with E-state index in [0.717, 1.165) is 34.1 Å². The Balaban J connectivity index is 1.67. The van der Waals surface area contributed by atoms with Gasteiger partial charge in [0.15, 0.2) is 5.78 Å². The van der Waals surface area contributed by atoms with E-state index < -0.39 is 5.92 Å². The first-order valence-corrected chi connectivity index (χ1v) is 11.1. The number of nitrogens with zero attached hydrogens (tertiary/aromatic N) is 2. The molecule has 1 aliphatic carbocycles. The van der Waals surface area contributed by atoms with E-state index >= 15 is 0 Å². The van der Waals surface area contributed by atoms with Gasteiger partial charge in [0.05, 0.1) is 22.0 Å². The topological polar surface area (TPSA) is 79.3 Å². The van der Waals surface area contributed by atoms with Gasteiger partial charge in [0.2, 0.25) is 0 Å². The number of allylic oxidation sites excluding steroid dienone is 3. The Kier molecular flexibility index (Phi) is 5.88. The Hall–Kier alpha value is -3.04. The molecule has 0 amide bonds. The number of halogens is 1. The first kappa shape index (κ1) is 21.2. The van der Waals surface area contributed by atoms with Crippen LogP contribution >= 0.6 is 15.9 Å². The molecule has 0 saturated carbocycles. The van der Waals surface area contributed by atoms with Gasteiger partial charge in [-0.25, -0.2) is 0 Å². The van der Waals surface area contributed by atoms with Crippen molar-refractivity contribution in [2.75, 3.05) is 7.05 Å². The predicted molar refractivity (Wildman–Crippen MR) is 123 cm³/mol. The summed E-state index contributed by atoms with van der Waals surface area (Å²) in [6, 6.07) is 16.2. The fourth-order valence-corrected chi connectivity index (χ4v) is 4.77. The number of aryl methyl sites for hydroxylation is 1. The highest BCUT2D eigenvalue weighted by molar-refractivity contribution is 9.10. The highest BCUT2D eigenvalue weighted by Gasteiger charge is 2.38. The lowest BCUT2D eigenvalue weighted by atomic mass is 9.76. The second-order valence-electron chi connectivity index (χ2n) is 8.00. The zero-order chi connectivity index (χ0) is 22.1. The van der Waals surface area contributed by atoms with Crippen molar-refractivity contribution in [1.29, 1.82) is 5.26 Å². The molecule has 2 aliphatic rings. The van der Waals surface area contributed by atoms with E-state index in [4.69, 9.17) is 10.5 Å². The van der Waals surface area contributed by atoms with Crippen molar-refractivity contribution in [1.82, 2.24) is 4.90 Å². The zero-order valence-electron chi connectivity index (χ0n) is 17.6. The normalized spacial score (nSPS) is 18.7. The number of ketones is 1. The third kappa shape index (κ3) is 3.98. The Bertz CT molecular complexity index is 1140. The maximum absolute atomic E-state index is 12.9. The Morgan fingerprint density at radius 3 is 2.65 bits per heavy atom. The molecule has 2 aromatic rings. The smallest absolute Gasteiger partial charge is 0.161 e. The fourth-order valence-electron chi connectivity index (χ4n) is 4.26. The Labute approximate surface area is 190 Å². The molecule has 1 atom stereocenters. The van der Waals surface area contributed by atoms with Gasteiger partial charge in [0, 0.05) is 24.7 Å². The quantitative estimate of drug-likeness (QED) is 0.664. The second kappa shape index (κ2) is 8.60. The van der Waals surface area contributed by atoms with E-state index in [2.05, 4.69) is 41.1 Å². The maximum atomic E-state index is 12.9. The highest BCUT2D eigenvalue weighted by atomic mass is 79.9. The van der Waals surface area contributed by atoms with Gasteiger partial charge < -0.3 is 15.4 Å². The lowest BCUT2D eigenvalue weighted by Gasteiger charge is -2.37. The molecule has 158 valence electrons. The van der Waals surface area contributed by atoms with Crippen LogP contribution in [0.15, 0.2) is 69.6 Å². The van der Waals surface area contributed by atoms with Crippen LogP contribution in [0.5, 0.6) is 5.75 Å². The Morgan fingerprint density at radius 1 is 1.23 bits per heavy atom. The number of carbonyl (C=O) groups excluding carboxylic acids is 1. The number of benzene rings is 2. The first-order valence-electron chi connectivity index (χ1n) is 10.3. The standard InChI is InChI=1S/C25H24BrN3O2/c1-15-6-8-16(9-7-15)14-31-22-11-10-17(12-19(22)26)23-18(13-27)25(28)29(2)20-4-3-5-21(30)24(20)23/h6-12,23H,3-5,14,28H2,1-2H3/t23-/m0/s1. The molecule has 0 radical (unpaired) electrons. The van der Waals surface area contributed by atoms with Gasteiger partial charge in [0.25, 0.3) is 0 Å². The molecule has 0 unspecified atom stereocenters. The third-order valence-electron chi connectivity index (χ3n) is 5.97. The summed E-state index contributed by atoms with van der Waals surface area (Å²) >= 11 is 3.60. The van der Waals surface area contributed by atoms with E-state index in [1.54, 1.807) is 4.90 Å². The van der Waals surface area contributed by atoms with Crippen molar-refractivity contribution >= 4 is 21.7 Å². The molecule has 4 rings (SSSR count). The number of rotatable bonds is 4. The van der Waals surface area contributed by atoms with Gasteiger partial charge in [-0.15, -0.1) is 0 Å². The largest absolute Gasteiger partial charge is 0.488 e. The van der Waals surface area contributed by atoms with Gasteiger partial charge in [-0.3, -0.25) is 4.79 Å². The van der Waals surface area contributed by atoms with Crippen LogP contribution in [0.1, 0.15) is 41.9 Å². The molecule has 0 spiro atoms. The van der Waals surface area contributed by atoms with Crippen LogP contribution in [0, 0.1) is 18.3 Å². The fraction of sp³-hybridized carbons (Fsp3) is 0.280. The van der Waals surface area contributed by atoms with Gasteiger partial charge in [-0.1, -0.05) is 35.9 Å². The number of hydrogen-bond acceptors (Lipinski definition) is 5. The number of nitriles is 1. The number of ether oxygens (including phenoxy) is 1. The summed E-state index contributed by atoms with van der Waals surface area (Å²) in [5.74, 6) is 0.759. The van der Waals surface area contributed by atoms with Crippen molar-refractivity contribution in [2.24, 2.45) is 5.73 Å². The van der Waals surface area contributed by atoms with E-state index in [-0.39, 0.29) is 5.78 Å². The first-order chi connectivity index (χ1) is 14.9. The van der Waals surface area contributed by atoms with Crippen LogP contribution in [0.2, 0.25) is 0 Å². The molecular formula is C25H24BrN3O2. The van der Waals surface area contributed by atoms with Gasteiger partial charge >= 0.3 is 0 Å². The molecular weight excluding hydrogens is 454 g/mol. The number of hydrogen-bond donors (Lipinski definition) is 1. The molecule has 6 heteroatoms. The van der Waals surface area contributed by atoms with E-state index in [9.17, 15) is 10.1 Å². The van der Waals surface area contributed by atoms with Crippen LogP contribution in [0.4, 0.5) is 0 Å². The average molecular weight is 478 g/mol. The minimum atomic E-state index is -0.452. The molecule has 5 nitrogen and oxygen atoms in total. The molecule has 2 N–H and O–H groups in total. The second-order valence-corrected chi connectivity index (χ2v) is 8.86. The molecule has 31 heavy (non-hydrogen) atoms. The molecule has 0 fully saturated rings. The number of nitrogens with two attached hydrogens (primary N) is 1. The molecule has 0 bridgehead atoms. The van der Waals surface area contributed by atoms with Gasteiger partial charge in [-0.2, -0.15) is 5.26 Å². The van der Waals surface area contributed by atoms with Gasteiger partial charge in [0.1, 0.15) is 18.2 Å². The number of Topliss-reactive ketones (excluding diaryl/α,β-unsaturated/α-hetero) is 1. The summed E-state index contributed by atoms with van der Waals surface area (Å²) in [6.07, 6.45) is 2.09. The van der Waals surface area contributed by atoms with Crippen LogP contribution in [-0.2, 0) is 11.4 Å². The monoisotopic (exact) mass is 477 g/mol. The van der Waals surface area contributed by atoms with Crippen molar-refractivity contribution in [3.05, 3.63) is 86.3 Å². The summed E-state index contributed by atoms with van der Waals surface area (Å²) in [6.45, 7) is 2.51. The minimum absolute atomic E-state index is 0.0918. The van der Waals surface area contributed by atoms with E-state index in [0.29, 0.717) is 35.7 Å². The maximum Gasteiger partial charge on any atom is 0.161 e. The molecule has 1 aliphatic heterocycles. The van der Waals surface area contributed by atoms with Crippen LogP contribution in [0.25, 0.3) is 0 Å². The summed E-state index contributed by atoms with van der Waals surface area (Å²) in [4.78, 5) is 14.7. The third-order valence-corrected chi connectivity index (χ3v) is 6.59. The SMILES string of the molecule is Cc1ccc(COc2ccc([C@H]3C(C#N)=C(N)N(C)C4=C3C(=O)CCC4)cc2Br)cc1. The molecule has 2 aromatic carbocycles. The molecule has 0 saturated heterocycles. The van der Waals surface area contributed by atoms with E-state index in [1.807, 2.05) is 37.4 Å². The van der Waals surface area contributed by atoms with E-state index in [1.165, 1.54) is 5.56 Å². The van der Waals surface area contributed by atoms with Crippen LogP contribution in [0.3, 0.4) is 0 Å². The minimum Gasteiger partial charge on any atom is -0.488 e. The highest BCUT2D eigenvalue weighted by Crippen LogP contribution is 2.45. The summed E-state index contributed by atoms with van der Waals surface area (Å²) in [5.41, 5.74) is 11.5. The van der Waals surface area contributed by atoms with Crippen molar-refractivity contribution < 1.29 is 9.53 Å². The lowest BCUT2D eigenvalue weighted by molar-refractivity contribution is -0.116. The van der Waals surface area contributed by atoms with Crippen LogP contribution in [-0.4, -0.2) is 17.7 Å². The molecule has 0 aromatic heterocycles. The average Bonchev–Trinajstić information content (AvgIpc) is 2.76. The summed E-state index contributed by atoms with van der Waals surface area (Å²) in [7, 11) is 1.83. The van der Waals surface area contributed by atoms with Crippen molar-refractivity contribution in [3.63, 3.8) is 0 Å². The van der Waals surface area contributed by atoms with Crippen molar-refractivity contribution in [2.45, 2.75) is 38.7 Å². The van der Waals surface area contributed by atoms with Gasteiger partial charge in [-0.05, 0) is 59.0 Å². The lowest BCUT2D eigenvalue weighted by Crippen LogP contribution is -2.36. The zero-order valence-corrected chi connectivity index (χ0v) is 19.2. The predicted octanol–water partition coefficient (Wildman–Crippen LogP) is 5.07. The Morgan fingerprint density at radius 2 is 1.97 bits per heavy atom.